The van der Waals surface area contributed by atoms with Gasteiger partial charge in [-0.25, -0.2) is 27.8 Å². The molecule has 2 aromatic heterocycles. The minimum absolute atomic E-state index is 0.139. The fourth-order valence-corrected chi connectivity index (χ4v) is 5.53. The van der Waals surface area contributed by atoms with Crippen molar-refractivity contribution >= 4 is 45.0 Å². The molecule has 3 N–H and O–H groups in total. The normalized spacial score (nSPS) is 11.7. The lowest BCUT2D eigenvalue weighted by atomic mass is 10.1. The first-order valence-electron chi connectivity index (χ1n) is 11.9. The van der Waals surface area contributed by atoms with Crippen molar-refractivity contribution in [1.82, 2.24) is 15.0 Å². The highest BCUT2D eigenvalue weighted by molar-refractivity contribution is 7.92. The van der Waals surface area contributed by atoms with Crippen molar-refractivity contribution in [3.05, 3.63) is 83.3 Å². The van der Waals surface area contributed by atoms with Crippen LogP contribution in [0.15, 0.2) is 66.9 Å². The van der Waals surface area contributed by atoms with Gasteiger partial charge in [0.05, 0.1) is 27.0 Å². The van der Waals surface area contributed by atoms with Crippen LogP contribution in [0.2, 0.25) is 0 Å². The number of nitrogens with one attached hydrogen (secondary N) is 2. The molecule has 12 heteroatoms. The molecule has 4 aromatic rings. The van der Waals surface area contributed by atoms with Gasteiger partial charge in [-0.05, 0) is 35.9 Å². The fraction of sp³-hybridized carbons (Fsp3) is 0.185. The zero-order valence-electron chi connectivity index (χ0n) is 21.1. The Morgan fingerprint density at radius 3 is 2.67 bits per heavy atom. The highest BCUT2D eigenvalue weighted by Crippen LogP contribution is 2.39. The number of anilines is 2. The number of halogens is 1. The fourth-order valence-electron chi connectivity index (χ4n) is 3.55. The molecule has 0 bridgehead atoms. The first-order valence-corrected chi connectivity index (χ1v) is 14.4. The van der Waals surface area contributed by atoms with Gasteiger partial charge in [0.25, 0.3) is 0 Å². The summed E-state index contributed by atoms with van der Waals surface area (Å²) in [5.74, 6) is -1.41. The number of carboxylic acids is 1. The average Bonchev–Trinajstić information content (AvgIpc) is 3.34. The van der Waals surface area contributed by atoms with Gasteiger partial charge in [0.1, 0.15) is 12.4 Å². The summed E-state index contributed by atoms with van der Waals surface area (Å²) in [6.07, 6.45) is 4.54. The summed E-state index contributed by atoms with van der Waals surface area (Å²) in [5.41, 5.74) is 2.80. The standard InChI is InChI=1S/C27H26FN5O4S2/c1-17(2)26-32-24(25(38-26)22-11-12-29-27(31-22)30-16-23(34)35)19-8-4-10-21(15-19)33-39(36,37)13-5-7-18-6-3-9-20(28)14-18/h3-12,14-15,17,33H,13,16H2,1-2H3,(H,34,35)(H,29,30,31). The maximum Gasteiger partial charge on any atom is 0.322 e. The molecule has 0 aliphatic rings. The summed E-state index contributed by atoms with van der Waals surface area (Å²) in [6, 6.07) is 14.5. The van der Waals surface area contributed by atoms with E-state index in [2.05, 4.69) is 20.0 Å². The van der Waals surface area contributed by atoms with Crippen LogP contribution >= 0.6 is 11.3 Å². The zero-order chi connectivity index (χ0) is 28.0. The first-order chi connectivity index (χ1) is 18.6. The minimum atomic E-state index is -3.73. The van der Waals surface area contributed by atoms with Crippen molar-refractivity contribution in [2.75, 3.05) is 22.3 Å². The highest BCUT2D eigenvalue weighted by Gasteiger charge is 2.19. The summed E-state index contributed by atoms with van der Waals surface area (Å²) in [6.45, 7) is 3.72. The van der Waals surface area contributed by atoms with Gasteiger partial charge in [-0.15, -0.1) is 11.3 Å². The van der Waals surface area contributed by atoms with E-state index in [0.717, 1.165) is 9.88 Å². The molecule has 0 saturated carbocycles. The number of rotatable bonds is 11. The molecule has 0 radical (unpaired) electrons. The van der Waals surface area contributed by atoms with Crippen LogP contribution in [-0.4, -0.2) is 46.7 Å². The molecule has 39 heavy (non-hydrogen) atoms. The van der Waals surface area contributed by atoms with E-state index >= 15 is 0 Å². The van der Waals surface area contributed by atoms with Gasteiger partial charge in [0.2, 0.25) is 16.0 Å². The molecular formula is C27H26FN5O4S2. The maximum atomic E-state index is 13.4. The quantitative estimate of drug-likeness (QED) is 0.217. The summed E-state index contributed by atoms with van der Waals surface area (Å²) < 4.78 is 41.4. The third-order valence-electron chi connectivity index (χ3n) is 5.31. The van der Waals surface area contributed by atoms with Crippen LogP contribution in [-0.2, 0) is 14.8 Å². The molecule has 0 atom stereocenters. The molecule has 2 heterocycles. The van der Waals surface area contributed by atoms with Crippen molar-refractivity contribution < 1.29 is 22.7 Å². The lowest BCUT2D eigenvalue weighted by molar-refractivity contribution is -0.134. The molecule has 202 valence electrons. The predicted molar refractivity (Wildman–Crippen MR) is 152 cm³/mol. The smallest absolute Gasteiger partial charge is 0.322 e. The summed E-state index contributed by atoms with van der Waals surface area (Å²) in [5, 5.41) is 12.5. The molecule has 0 unspecified atom stereocenters. The number of thiazole rings is 1. The number of carbonyl (C=O) groups is 1. The number of hydrogen-bond donors (Lipinski definition) is 3. The lowest BCUT2D eigenvalue weighted by Crippen LogP contribution is -2.15. The number of aromatic nitrogens is 3. The van der Waals surface area contributed by atoms with Crippen LogP contribution in [0.4, 0.5) is 16.0 Å². The SMILES string of the molecule is CC(C)c1nc(-c2cccc(NS(=O)(=O)CC=Cc3cccc(F)c3)c2)c(-c2ccnc(NCC(=O)O)n2)s1. The Balaban J connectivity index is 1.59. The van der Waals surface area contributed by atoms with Gasteiger partial charge >= 0.3 is 5.97 Å². The molecule has 4 rings (SSSR count). The van der Waals surface area contributed by atoms with E-state index in [1.165, 1.54) is 35.7 Å². The summed E-state index contributed by atoms with van der Waals surface area (Å²) >= 11 is 1.46. The van der Waals surface area contributed by atoms with Gasteiger partial charge < -0.3 is 10.4 Å². The van der Waals surface area contributed by atoms with Crippen LogP contribution in [0.5, 0.6) is 0 Å². The number of carboxylic acid groups (broad SMARTS) is 1. The van der Waals surface area contributed by atoms with E-state index in [1.807, 2.05) is 19.9 Å². The second kappa shape index (κ2) is 12.1. The number of aliphatic carboxylic acids is 1. The van der Waals surface area contributed by atoms with Crippen LogP contribution in [0.1, 0.15) is 30.3 Å². The Morgan fingerprint density at radius 1 is 1.13 bits per heavy atom. The van der Waals surface area contributed by atoms with E-state index < -0.39 is 21.8 Å². The topological polar surface area (TPSA) is 134 Å². The van der Waals surface area contributed by atoms with Crippen LogP contribution < -0.4 is 10.0 Å². The summed E-state index contributed by atoms with van der Waals surface area (Å²) in [7, 11) is -3.73. The van der Waals surface area contributed by atoms with E-state index in [0.29, 0.717) is 28.2 Å². The van der Waals surface area contributed by atoms with E-state index in [4.69, 9.17) is 10.1 Å². The average molecular weight is 568 g/mol. The molecule has 0 spiro atoms. The highest BCUT2D eigenvalue weighted by atomic mass is 32.2. The van der Waals surface area contributed by atoms with Crippen LogP contribution in [0.25, 0.3) is 27.9 Å². The molecule has 0 amide bonds. The Labute approximate surface area is 229 Å². The molecule has 2 aromatic carbocycles. The van der Waals surface area contributed by atoms with Crippen molar-refractivity contribution in [2.24, 2.45) is 0 Å². The van der Waals surface area contributed by atoms with Gasteiger partial charge in [-0.2, -0.15) is 0 Å². The molecular weight excluding hydrogens is 541 g/mol. The van der Waals surface area contributed by atoms with Gasteiger partial charge in [0, 0.05) is 23.4 Å². The number of nitrogens with zero attached hydrogens (tertiary/aromatic N) is 3. The number of sulfonamides is 1. The van der Waals surface area contributed by atoms with Crippen LogP contribution in [0, 0.1) is 5.82 Å². The second-order valence-electron chi connectivity index (χ2n) is 8.82. The molecule has 0 saturated heterocycles. The number of hydrogen-bond acceptors (Lipinski definition) is 8. The van der Waals surface area contributed by atoms with Crippen LogP contribution in [0.3, 0.4) is 0 Å². The largest absolute Gasteiger partial charge is 0.480 e. The van der Waals surface area contributed by atoms with Gasteiger partial charge in [0.15, 0.2) is 0 Å². The third kappa shape index (κ3) is 7.68. The van der Waals surface area contributed by atoms with Gasteiger partial charge in [-0.3, -0.25) is 9.52 Å². The summed E-state index contributed by atoms with van der Waals surface area (Å²) in [4.78, 5) is 25.0. The molecule has 0 aliphatic carbocycles. The Hall–Kier alpha value is -4.16. The van der Waals surface area contributed by atoms with Crippen molar-refractivity contribution in [1.29, 1.82) is 0 Å². The van der Waals surface area contributed by atoms with Crippen molar-refractivity contribution in [3.8, 4) is 21.8 Å². The zero-order valence-corrected chi connectivity index (χ0v) is 22.8. The van der Waals surface area contributed by atoms with Gasteiger partial charge in [-0.1, -0.05) is 50.3 Å². The molecule has 0 fully saturated rings. The number of benzene rings is 2. The minimum Gasteiger partial charge on any atom is -0.480 e. The van der Waals surface area contributed by atoms with E-state index in [1.54, 1.807) is 42.5 Å². The van der Waals surface area contributed by atoms with E-state index in [9.17, 15) is 17.6 Å². The Bertz CT molecular complexity index is 1620. The Morgan fingerprint density at radius 2 is 1.92 bits per heavy atom. The lowest BCUT2D eigenvalue weighted by Gasteiger charge is -2.09. The maximum absolute atomic E-state index is 13.4. The van der Waals surface area contributed by atoms with Crippen molar-refractivity contribution in [2.45, 2.75) is 19.8 Å². The first kappa shape index (κ1) is 27.9. The third-order valence-corrected chi connectivity index (χ3v) is 7.86. The monoisotopic (exact) mass is 567 g/mol. The molecule has 0 aliphatic heterocycles. The second-order valence-corrected chi connectivity index (χ2v) is 11.6. The van der Waals surface area contributed by atoms with Crippen molar-refractivity contribution in [3.63, 3.8) is 0 Å². The molecule has 9 nitrogen and oxygen atoms in total. The Kier molecular flexibility index (Phi) is 8.67. The van der Waals surface area contributed by atoms with E-state index in [-0.39, 0.29) is 24.2 Å². The predicted octanol–water partition coefficient (Wildman–Crippen LogP) is 5.48.